The highest BCUT2D eigenvalue weighted by Gasteiger charge is 2.21. The Morgan fingerprint density at radius 2 is 2.06 bits per heavy atom. The summed E-state index contributed by atoms with van der Waals surface area (Å²) in [4.78, 5) is 4.83. The quantitative estimate of drug-likeness (QED) is 0.813. The summed E-state index contributed by atoms with van der Waals surface area (Å²) in [6.07, 6.45) is 2.41. The minimum absolute atomic E-state index is 0.619. The van der Waals surface area contributed by atoms with E-state index in [1.54, 1.807) is 0 Å². The minimum Gasteiger partial charge on any atom is -0.331 e. The van der Waals surface area contributed by atoms with E-state index in [1.165, 1.54) is 29.7 Å². The SMILES string of the molecule is Cc1cccc2nc(C3CCNCC3)n(C)c12. The summed E-state index contributed by atoms with van der Waals surface area (Å²) in [6.45, 7) is 4.40. The van der Waals surface area contributed by atoms with E-state index in [4.69, 9.17) is 4.98 Å². The number of hydrogen-bond acceptors (Lipinski definition) is 2. The normalized spacial score (nSPS) is 17.8. The Labute approximate surface area is 102 Å². The maximum absolute atomic E-state index is 4.83. The summed E-state index contributed by atoms with van der Waals surface area (Å²) in [5.74, 6) is 1.88. The molecule has 0 amide bonds. The molecular formula is C14H19N3. The first-order valence-corrected chi connectivity index (χ1v) is 6.40. The van der Waals surface area contributed by atoms with Crippen LogP contribution in [0.1, 0.15) is 30.1 Å². The first kappa shape index (κ1) is 10.8. The summed E-state index contributed by atoms with van der Waals surface area (Å²) in [7, 11) is 2.15. The van der Waals surface area contributed by atoms with Crippen LogP contribution in [0.25, 0.3) is 11.0 Å². The standard InChI is InChI=1S/C14H19N3/c1-10-4-3-5-12-13(10)17(2)14(16-12)11-6-8-15-9-7-11/h3-5,11,15H,6-9H2,1-2H3. The summed E-state index contributed by atoms with van der Waals surface area (Å²) in [6, 6.07) is 6.38. The molecule has 90 valence electrons. The van der Waals surface area contributed by atoms with Crippen LogP contribution in [0.4, 0.5) is 0 Å². The van der Waals surface area contributed by atoms with Crippen LogP contribution in [0.15, 0.2) is 18.2 Å². The van der Waals surface area contributed by atoms with Crippen LogP contribution < -0.4 is 5.32 Å². The molecule has 0 spiro atoms. The highest BCUT2D eigenvalue weighted by molar-refractivity contribution is 5.79. The fraction of sp³-hybridized carbons (Fsp3) is 0.500. The third-order valence-corrected chi connectivity index (χ3v) is 3.83. The van der Waals surface area contributed by atoms with Crippen molar-refractivity contribution in [2.75, 3.05) is 13.1 Å². The van der Waals surface area contributed by atoms with E-state index < -0.39 is 0 Å². The highest BCUT2D eigenvalue weighted by Crippen LogP contribution is 2.28. The number of rotatable bonds is 1. The molecule has 0 atom stereocenters. The average Bonchev–Trinajstić information content (AvgIpc) is 2.69. The number of imidazole rings is 1. The predicted octanol–water partition coefficient (Wildman–Crippen LogP) is 2.35. The Hall–Kier alpha value is -1.35. The highest BCUT2D eigenvalue weighted by atomic mass is 15.1. The first-order chi connectivity index (χ1) is 8.27. The Balaban J connectivity index is 2.10. The molecule has 0 bridgehead atoms. The van der Waals surface area contributed by atoms with Crippen molar-refractivity contribution in [2.45, 2.75) is 25.7 Å². The molecule has 2 heterocycles. The third-order valence-electron chi connectivity index (χ3n) is 3.83. The molecule has 1 aliphatic rings. The molecule has 1 aromatic heterocycles. The molecule has 0 aliphatic carbocycles. The van der Waals surface area contributed by atoms with Crippen LogP contribution in [0.5, 0.6) is 0 Å². The zero-order valence-corrected chi connectivity index (χ0v) is 10.5. The molecule has 1 saturated heterocycles. The van der Waals surface area contributed by atoms with E-state index in [1.807, 2.05) is 0 Å². The number of aryl methyl sites for hydroxylation is 2. The number of para-hydroxylation sites is 1. The number of benzene rings is 1. The number of aromatic nitrogens is 2. The summed E-state index contributed by atoms with van der Waals surface area (Å²) in [5.41, 5.74) is 3.75. The van der Waals surface area contributed by atoms with Gasteiger partial charge in [-0.15, -0.1) is 0 Å². The van der Waals surface area contributed by atoms with E-state index in [9.17, 15) is 0 Å². The molecule has 0 saturated carbocycles. The van der Waals surface area contributed by atoms with E-state index in [0.29, 0.717) is 5.92 Å². The lowest BCUT2D eigenvalue weighted by Crippen LogP contribution is -2.27. The molecule has 3 rings (SSSR count). The number of hydrogen-bond donors (Lipinski definition) is 1. The Kier molecular flexibility index (Phi) is 2.63. The van der Waals surface area contributed by atoms with Gasteiger partial charge in [-0.1, -0.05) is 12.1 Å². The van der Waals surface area contributed by atoms with Gasteiger partial charge in [-0.2, -0.15) is 0 Å². The zero-order valence-electron chi connectivity index (χ0n) is 10.5. The molecule has 3 nitrogen and oxygen atoms in total. The number of nitrogens with one attached hydrogen (secondary N) is 1. The lowest BCUT2D eigenvalue weighted by atomic mass is 9.97. The minimum atomic E-state index is 0.619. The number of piperidine rings is 1. The zero-order chi connectivity index (χ0) is 11.8. The number of nitrogens with zero attached hydrogens (tertiary/aromatic N) is 2. The summed E-state index contributed by atoms with van der Waals surface area (Å²) >= 11 is 0. The van der Waals surface area contributed by atoms with Gasteiger partial charge >= 0.3 is 0 Å². The van der Waals surface area contributed by atoms with Gasteiger partial charge in [0.2, 0.25) is 0 Å². The second-order valence-electron chi connectivity index (χ2n) is 5.00. The molecule has 17 heavy (non-hydrogen) atoms. The maximum atomic E-state index is 4.83. The van der Waals surface area contributed by atoms with E-state index in [2.05, 4.69) is 42.1 Å². The Morgan fingerprint density at radius 3 is 2.76 bits per heavy atom. The van der Waals surface area contributed by atoms with Gasteiger partial charge < -0.3 is 9.88 Å². The fourth-order valence-corrected chi connectivity index (χ4v) is 2.93. The van der Waals surface area contributed by atoms with E-state index >= 15 is 0 Å². The van der Waals surface area contributed by atoms with Crippen molar-refractivity contribution in [1.29, 1.82) is 0 Å². The second-order valence-corrected chi connectivity index (χ2v) is 5.00. The van der Waals surface area contributed by atoms with Crippen molar-refractivity contribution in [2.24, 2.45) is 7.05 Å². The lowest BCUT2D eigenvalue weighted by Gasteiger charge is -2.22. The third kappa shape index (κ3) is 1.75. The smallest absolute Gasteiger partial charge is 0.112 e. The van der Waals surface area contributed by atoms with Gasteiger partial charge in [0.05, 0.1) is 11.0 Å². The van der Waals surface area contributed by atoms with Crippen LogP contribution >= 0.6 is 0 Å². The molecular weight excluding hydrogens is 210 g/mol. The topological polar surface area (TPSA) is 29.9 Å². The van der Waals surface area contributed by atoms with Crippen LogP contribution in [-0.4, -0.2) is 22.6 Å². The van der Waals surface area contributed by atoms with Crippen molar-refractivity contribution in [3.8, 4) is 0 Å². The van der Waals surface area contributed by atoms with Crippen molar-refractivity contribution < 1.29 is 0 Å². The van der Waals surface area contributed by atoms with Crippen molar-refractivity contribution in [3.05, 3.63) is 29.6 Å². The summed E-state index contributed by atoms with van der Waals surface area (Å²) < 4.78 is 2.29. The van der Waals surface area contributed by atoms with Gasteiger partial charge in [0.15, 0.2) is 0 Å². The molecule has 1 N–H and O–H groups in total. The van der Waals surface area contributed by atoms with E-state index in [-0.39, 0.29) is 0 Å². The Bertz CT molecular complexity index is 536. The Morgan fingerprint density at radius 1 is 1.29 bits per heavy atom. The van der Waals surface area contributed by atoms with Gasteiger partial charge in [0.1, 0.15) is 5.82 Å². The first-order valence-electron chi connectivity index (χ1n) is 6.40. The molecule has 0 radical (unpaired) electrons. The van der Waals surface area contributed by atoms with Gasteiger partial charge in [-0.25, -0.2) is 4.98 Å². The predicted molar refractivity (Wildman–Crippen MR) is 70.3 cm³/mol. The second kappa shape index (κ2) is 4.15. The lowest BCUT2D eigenvalue weighted by molar-refractivity contribution is 0.438. The van der Waals surface area contributed by atoms with Crippen LogP contribution in [-0.2, 0) is 7.05 Å². The van der Waals surface area contributed by atoms with Crippen LogP contribution in [0, 0.1) is 6.92 Å². The van der Waals surface area contributed by atoms with Gasteiger partial charge in [0, 0.05) is 13.0 Å². The van der Waals surface area contributed by atoms with Gasteiger partial charge in [-0.05, 0) is 44.5 Å². The van der Waals surface area contributed by atoms with Crippen LogP contribution in [0.2, 0.25) is 0 Å². The van der Waals surface area contributed by atoms with Gasteiger partial charge in [-0.3, -0.25) is 0 Å². The maximum Gasteiger partial charge on any atom is 0.112 e. The molecule has 0 unspecified atom stereocenters. The molecule has 2 aromatic rings. The molecule has 1 aliphatic heterocycles. The molecule has 3 heteroatoms. The van der Waals surface area contributed by atoms with Crippen molar-refractivity contribution >= 4 is 11.0 Å². The fourth-order valence-electron chi connectivity index (χ4n) is 2.93. The average molecular weight is 229 g/mol. The molecule has 1 fully saturated rings. The monoisotopic (exact) mass is 229 g/mol. The van der Waals surface area contributed by atoms with E-state index in [0.717, 1.165) is 18.6 Å². The summed E-state index contributed by atoms with van der Waals surface area (Å²) in [5, 5.41) is 3.41. The van der Waals surface area contributed by atoms with Crippen LogP contribution in [0.3, 0.4) is 0 Å². The van der Waals surface area contributed by atoms with Crippen molar-refractivity contribution in [3.63, 3.8) is 0 Å². The van der Waals surface area contributed by atoms with Crippen molar-refractivity contribution in [1.82, 2.24) is 14.9 Å². The van der Waals surface area contributed by atoms with Gasteiger partial charge in [0.25, 0.3) is 0 Å². The molecule has 1 aromatic carbocycles. The largest absolute Gasteiger partial charge is 0.331 e. The number of fused-ring (bicyclic) bond motifs is 1.